The van der Waals surface area contributed by atoms with Crippen LogP contribution in [-0.4, -0.2) is 35.2 Å². The molecule has 3 N–H and O–H groups in total. The number of nitrogens with zero attached hydrogens (tertiary/aromatic N) is 1. The Bertz CT molecular complexity index is 662. The summed E-state index contributed by atoms with van der Waals surface area (Å²) in [5.74, 6) is -2.36. The largest absolute Gasteiger partial charge is 0.480 e. The van der Waals surface area contributed by atoms with Crippen LogP contribution in [0.4, 0.5) is 5.69 Å². The minimum atomic E-state index is -3.87. The van der Waals surface area contributed by atoms with Crippen molar-refractivity contribution in [3.05, 3.63) is 36.8 Å². The molecule has 0 saturated carbocycles. The molecule has 0 fully saturated rings. The number of aromatic nitrogens is 2. The lowest BCUT2D eigenvalue weighted by Gasteiger charge is -2.06. The number of carbonyl (C=O) groups is 1. The molecule has 0 radical (unpaired) electrons. The van der Waals surface area contributed by atoms with Crippen molar-refractivity contribution in [2.45, 2.75) is 0 Å². The van der Waals surface area contributed by atoms with Gasteiger partial charge in [-0.25, -0.2) is 13.4 Å². The molecule has 0 aliphatic heterocycles. The van der Waals surface area contributed by atoms with Gasteiger partial charge in [-0.1, -0.05) is 12.1 Å². The molecule has 0 spiro atoms. The van der Waals surface area contributed by atoms with E-state index in [9.17, 15) is 13.2 Å². The summed E-state index contributed by atoms with van der Waals surface area (Å²) in [5.41, 5.74) is 1.96. The lowest BCUT2D eigenvalue weighted by atomic mass is 10.1. The summed E-state index contributed by atoms with van der Waals surface area (Å²) in [4.78, 5) is 17.2. The van der Waals surface area contributed by atoms with Crippen LogP contribution in [0, 0.1) is 0 Å². The topological polar surface area (TPSA) is 112 Å². The molecule has 0 amide bonds. The molecule has 0 bridgehead atoms. The van der Waals surface area contributed by atoms with Gasteiger partial charge in [-0.2, -0.15) is 0 Å². The van der Waals surface area contributed by atoms with Gasteiger partial charge in [-0.3, -0.25) is 9.52 Å². The van der Waals surface area contributed by atoms with E-state index in [0.717, 1.165) is 11.3 Å². The number of imidazole rings is 1. The van der Waals surface area contributed by atoms with Gasteiger partial charge in [0, 0.05) is 5.69 Å². The number of aromatic amines is 1. The molecule has 1 aromatic carbocycles. The lowest BCUT2D eigenvalue weighted by molar-refractivity contribution is -0.134. The van der Waals surface area contributed by atoms with E-state index in [1.807, 2.05) is 0 Å². The van der Waals surface area contributed by atoms with Gasteiger partial charge in [0.25, 0.3) is 0 Å². The normalized spacial score (nSPS) is 11.2. The molecule has 0 atom stereocenters. The highest BCUT2D eigenvalue weighted by molar-refractivity contribution is 7.93. The maximum Gasteiger partial charge on any atom is 0.320 e. The van der Waals surface area contributed by atoms with E-state index < -0.39 is 21.7 Å². The third kappa shape index (κ3) is 3.55. The molecule has 1 heterocycles. The fraction of sp³-hybridized carbons (Fsp3) is 0.0909. The molecular formula is C11H11N3O4S. The minimum absolute atomic E-state index is 0.310. The molecule has 0 saturated heterocycles. The van der Waals surface area contributed by atoms with Gasteiger partial charge >= 0.3 is 5.97 Å². The smallest absolute Gasteiger partial charge is 0.320 e. The van der Waals surface area contributed by atoms with Crippen LogP contribution in [0.25, 0.3) is 11.3 Å². The number of benzene rings is 1. The lowest BCUT2D eigenvalue weighted by Crippen LogP contribution is -2.22. The molecule has 2 aromatic rings. The first kappa shape index (κ1) is 13.1. The quantitative estimate of drug-likeness (QED) is 0.753. The SMILES string of the molecule is O=C(O)CS(=O)(=O)Nc1ccc(-c2cnc[nH]2)cc1. The Kier molecular flexibility index (Phi) is 3.52. The molecule has 0 aliphatic rings. The maximum atomic E-state index is 11.4. The number of carboxylic acid groups (broad SMARTS) is 1. The van der Waals surface area contributed by atoms with E-state index in [4.69, 9.17) is 5.11 Å². The van der Waals surface area contributed by atoms with E-state index in [0.29, 0.717) is 5.69 Å². The summed E-state index contributed by atoms with van der Waals surface area (Å²) in [5, 5.41) is 8.47. The Morgan fingerprint density at radius 3 is 2.53 bits per heavy atom. The molecule has 2 rings (SSSR count). The summed E-state index contributed by atoms with van der Waals surface area (Å²) < 4.78 is 25.0. The number of rotatable bonds is 5. The number of hydrogen-bond donors (Lipinski definition) is 3. The van der Waals surface area contributed by atoms with Gasteiger partial charge in [0.05, 0.1) is 18.2 Å². The predicted octanol–water partition coefficient (Wildman–Crippen LogP) is 0.903. The van der Waals surface area contributed by atoms with Crippen molar-refractivity contribution in [2.24, 2.45) is 0 Å². The zero-order chi connectivity index (χ0) is 13.9. The van der Waals surface area contributed by atoms with Crippen molar-refractivity contribution in [2.75, 3.05) is 10.5 Å². The van der Waals surface area contributed by atoms with Crippen LogP contribution in [0.15, 0.2) is 36.8 Å². The number of carboxylic acids is 1. The Hall–Kier alpha value is -2.35. The van der Waals surface area contributed by atoms with E-state index in [1.54, 1.807) is 36.8 Å². The average molecular weight is 281 g/mol. The second kappa shape index (κ2) is 5.11. The van der Waals surface area contributed by atoms with E-state index in [2.05, 4.69) is 14.7 Å². The highest BCUT2D eigenvalue weighted by atomic mass is 32.2. The third-order valence-corrected chi connectivity index (χ3v) is 3.45. The van der Waals surface area contributed by atoms with Gasteiger partial charge in [-0.15, -0.1) is 0 Å². The summed E-state index contributed by atoms with van der Waals surface area (Å²) in [6.07, 6.45) is 3.18. The number of hydrogen-bond acceptors (Lipinski definition) is 4. The molecule has 1 aromatic heterocycles. The summed E-state index contributed by atoms with van der Waals surface area (Å²) in [6.45, 7) is 0. The summed E-state index contributed by atoms with van der Waals surface area (Å²) in [7, 11) is -3.87. The van der Waals surface area contributed by atoms with Gasteiger partial charge in [-0.05, 0) is 17.7 Å². The van der Waals surface area contributed by atoms with Crippen molar-refractivity contribution in [3.8, 4) is 11.3 Å². The van der Waals surface area contributed by atoms with E-state index in [-0.39, 0.29) is 0 Å². The number of anilines is 1. The molecule has 19 heavy (non-hydrogen) atoms. The Labute approximate surface area is 109 Å². The van der Waals surface area contributed by atoms with Gasteiger partial charge < -0.3 is 10.1 Å². The highest BCUT2D eigenvalue weighted by Gasteiger charge is 2.15. The van der Waals surface area contributed by atoms with Crippen molar-refractivity contribution >= 4 is 21.7 Å². The van der Waals surface area contributed by atoms with Crippen molar-refractivity contribution in [1.82, 2.24) is 9.97 Å². The summed E-state index contributed by atoms with van der Waals surface area (Å²) >= 11 is 0. The minimum Gasteiger partial charge on any atom is -0.480 e. The van der Waals surface area contributed by atoms with Gasteiger partial charge in [0.2, 0.25) is 10.0 Å². The second-order valence-corrected chi connectivity index (χ2v) is 5.52. The first-order chi connectivity index (χ1) is 8.96. The predicted molar refractivity (Wildman–Crippen MR) is 69.1 cm³/mol. The fourth-order valence-corrected chi connectivity index (χ4v) is 2.40. The second-order valence-electron chi connectivity index (χ2n) is 3.80. The van der Waals surface area contributed by atoms with Gasteiger partial charge in [0.1, 0.15) is 0 Å². The number of aliphatic carboxylic acids is 1. The molecule has 0 aliphatic carbocycles. The fourth-order valence-electron chi connectivity index (χ4n) is 1.51. The Morgan fingerprint density at radius 2 is 2.00 bits per heavy atom. The van der Waals surface area contributed by atoms with Crippen LogP contribution in [0.2, 0.25) is 0 Å². The number of sulfonamides is 1. The van der Waals surface area contributed by atoms with Crippen LogP contribution in [0.3, 0.4) is 0 Å². The zero-order valence-electron chi connectivity index (χ0n) is 9.70. The number of nitrogens with one attached hydrogen (secondary N) is 2. The van der Waals surface area contributed by atoms with Crippen molar-refractivity contribution in [1.29, 1.82) is 0 Å². The average Bonchev–Trinajstić information content (AvgIpc) is 2.81. The van der Waals surface area contributed by atoms with Crippen LogP contribution in [-0.2, 0) is 14.8 Å². The van der Waals surface area contributed by atoms with Crippen molar-refractivity contribution < 1.29 is 18.3 Å². The monoisotopic (exact) mass is 281 g/mol. The first-order valence-corrected chi connectivity index (χ1v) is 6.92. The van der Waals surface area contributed by atoms with Gasteiger partial charge in [0.15, 0.2) is 5.75 Å². The molecule has 100 valence electrons. The van der Waals surface area contributed by atoms with Crippen LogP contribution >= 0.6 is 0 Å². The zero-order valence-corrected chi connectivity index (χ0v) is 10.5. The van der Waals surface area contributed by atoms with E-state index in [1.165, 1.54) is 0 Å². The Morgan fingerprint density at radius 1 is 1.32 bits per heavy atom. The third-order valence-electron chi connectivity index (χ3n) is 2.28. The standard InChI is InChI=1S/C11H11N3O4S/c15-11(16)6-19(17,18)14-9-3-1-8(2-4-9)10-5-12-7-13-10/h1-5,7,14H,6H2,(H,12,13)(H,15,16). The molecule has 7 nitrogen and oxygen atoms in total. The number of H-pyrrole nitrogens is 1. The van der Waals surface area contributed by atoms with Crippen LogP contribution in [0.1, 0.15) is 0 Å². The van der Waals surface area contributed by atoms with E-state index >= 15 is 0 Å². The highest BCUT2D eigenvalue weighted by Crippen LogP contribution is 2.19. The molecular weight excluding hydrogens is 270 g/mol. The van der Waals surface area contributed by atoms with Crippen molar-refractivity contribution in [3.63, 3.8) is 0 Å². The molecule has 8 heteroatoms. The van der Waals surface area contributed by atoms with Crippen LogP contribution in [0.5, 0.6) is 0 Å². The van der Waals surface area contributed by atoms with Crippen LogP contribution < -0.4 is 4.72 Å². The summed E-state index contributed by atoms with van der Waals surface area (Å²) in [6, 6.07) is 6.50. The first-order valence-electron chi connectivity index (χ1n) is 5.27. The maximum absolute atomic E-state index is 11.4. The Balaban J connectivity index is 2.13. The molecule has 0 unspecified atom stereocenters.